The second-order valence-electron chi connectivity index (χ2n) is 4.11. The highest BCUT2D eigenvalue weighted by Crippen LogP contribution is 2.18. The summed E-state index contributed by atoms with van der Waals surface area (Å²) >= 11 is 3.37. The number of nitrogens with two attached hydrogens (primary N) is 1. The van der Waals surface area contributed by atoms with Crippen LogP contribution in [0.25, 0.3) is 0 Å². The molecule has 1 aromatic rings. The Kier molecular flexibility index (Phi) is 4.02. The van der Waals surface area contributed by atoms with Gasteiger partial charge in [-0.1, -0.05) is 28.1 Å². The van der Waals surface area contributed by atoms with Crippen molar-refractivity contribution in [2.24, 2.45) is 10.7 Å². The summed E-state index contributed by atoms with van der Waals surface area (Å²) in [5.74, 6) is 0.533. The minimum atomic E-state index is -0.604. The Morgan fingerprint density at radius 1 is 1.53 bits per heavy atom. The van der Waals surface area contributed by atoms with Gasteiger partial charge in [-0.05, 0) is 24.1 Å². The molecule has 0 spiro atoms. The molecule has 0 bridgehead atoms. The number of guanidine groups is 1. The van der Waals surface area contributed by atoms with Crippen molar-refractivity contribution in [3.63, 3.8) is 0 Å². The van der Waals surface area contributed by atoms with E-state index in [0.29, 0.717) is 12.5 Å². The van der Waals surface area contributed by atoms with Gasteiger partial charge >= 0.3 is 0 Å². The van der Waals surface area contributed by atoms with Crippen molar-refractivity contribution in [2.75, 3.05) is 19.6 Å². The predicted molar refractivity (Wildman–Crippen MR) is 71.8 cm³/mol. The fraction of sp³-hybridized carbons (Fsp3) is 0.417. The number of likely N-dealkylation sites (tertiary alicyclic amines) is 1. The lowest BCUT2D eigenvalue weighted by atomic mass is 10.1. The summed E-state index contributed by atoms with van der Waals surface area (Å²) in [7, 11) is 0. The Balaban J connectivity index is 1.94. The van der Waals surface area contributed by atoms with Crippen LogP contribution in [0, 0.1) is 0 Å². The van der Waals surface area contributed by atoms with E-state index in [9.17, 15) is 5.11 Å². The standard InChI is InChI=1S/C12H16BrN3O/c13-10-4-1-3-9(7-10)11(17)8-15-12(14)16-5-2-6-16/h1,3-4,7,11,17H,2,5-6,8H2,(H2,14,15)/t11-/m1/s1. The number of aliphatic imine (C=N–C) groups is 1. The molecule has 0 unspecified atom stereocenters. The van der Waals surface area contributed by atoms with E-state index < -0.39 is 6.10 Å². The largest absolute Gasteiger partial charge is 0.386 e. The summed E-state index contributed by atoms with van der Waals surface area (Å²) in [5, 5.41) is 9.96. The summed E-state index contributed by atoms with van der Waals surface area (Å²) in [6.07, 6.45) is 0.567. The van der Waals surface area contributed by atoms with Crippen molar-refractivity contribution in [3.8, 4) is 0 Å². The highest BCUT2D eigenvalue weighted by Gasteiger charge is 2.16. The van der Waals surface area contributed by atoms with Crippen molar-refractivity contribution < 1.29 is 5.11 Å². The van der Waals surface area contributed by atoms with Gasteiger partial charge in [0.25, 0.3) is 0 Å². The Hall–Kier alpha value is -1.07. The summed E-state index contributed by atoms with van der Waals surface area (Å²) in [6, 6.07) is 7.59. The third kappa shape index (κ3) is 3.20. The molecule has 92 valence electrons. The van der Waals surface area contributed by atoms with Crippen LogP contribution in [-0.4, -0.2) is 35.6 Å². The molecule has 1 aliphatic rings. The molecule has 1 heterocycles. The van der Waals surface area contributed by atoms with E-state index in [4.69, 9.17) is 5.73 Å². The first-order valence-corrected chi connectivity index (χ1v) is 6.44. The van der Waals surface area contributed by atoms with E-state index >= 15 is 0 Å². The van der Waals surface area contributed by atoms with Crippen molar-refractivity contribution in [1.29, 1.82) is 0 Å². The van der Waals surface area contributed by atoms with Gasteiger partial charge in [-0.3, -0.25) is 4.99 Å². The van der Waals surface area contributed by atoms with Gasteiger partial charge in [0.2, 0.25) is 0 Å². The van der Waals surface area contributed by atoms with Crippen LogP contribution in [0.2, 0.25) is 0 Å². The van der Waals surface area contributed by atoms with Gasteiger partial charge in [0.1, 0.15) is 0 Å². The molecule has 1 saturated heterocycles. The molecular weight excluding hydrogens is 282 g/mol. The quantitative estimate of drug-likeness (QED) is 0.657. The smallest absolute Gasteiger partial charge is 0.191 e. The number of aliphatic hydroxyl groups is 1. The minimum absolute atomic E-state index is 0.304. The highest BCUT2D eigenvalue weighted by molar-refractivity contribution is 9.10. The lowest BCUT2D eigenvalue weighted by Crippen LogP contribution is -2.46. The summed E-state index contributed by atoms with van der Waals surface area (Å²) < 4.78 is 0.953. The molecule has 4 nitrogen and oxygen atoms in total. The molecule has 0 radical (unpaired) electrons. The van der Waals surface area contributed by atoms with Crippen LogP contribution in [0.5, 0.6) is 0 Å². The van der Waals surface area contributed by atoms with Crippen LogP contribution in [0.1, 0.15) is 18.1 Å². The second-order valence-corrected chi connectivity index (χ2v) is 5.03. The summed E-state index contributed by atoms with van der Waals surface area (Å²) in [6.45, 7) is 2.25. The maximum atomic E-state index is 9.96. The molecule has 17 heavy (non-hydrogen) atoms. The van der Waals surface area contributed by atoms with Crippen LogP contribution in [0.3, 0.4) is 0 Å². The monoisotopic (exact) mass is 297 g/mol. The number of hydrogen-bond acceptors (Lipinski definition) is 2. The van der Waals surface area contributed by atoms with Crippen LogP contribution >= 0.6 is 15.9 Å². The first kappa shape index (κ1) is 12.4. The molecular formula is C12H16BrN3O. The number of aliphatic hydroxyl groups excluding tert-OH is 1. The van der Waals surface area contributed by atoms with E-state index in [1.165, 1.54) is 6.42 Å². The van der Waals surface area contributed by atoms with Crippen molar-refractivity contribution in [3.05, 3.63) is 34.3 Å². The zero-order valence-electron chi connectivity index (χ0n) is 9.51. The Morgan fingerprint density at radius 3 is 2.88 bits per heavy atom. The topological polar surface area (TPSA) is 61.9 Å². The highest BCUT2D eigenvalue weighted by atomic mass is 79.9. The van der Waals surface area contributed by atoms with E-state index in [2.05, 4.69) is 20.9 Å². The zero-order valence-corrected chi connectivity index (χ0v) is 11.1. The molecule has 0 aliphatic carbocycles. The Labute approximate surface area is 109 Å². The number of hydrogen-bond donors (Lipinski definition) is 2. The Bertz CT molecular complexity index is 418. The van der Waals surface area contributed by atoms with E-state index in [0.717, 1.165) is 23.1 Å². The van der Waals surface area contributed by atoms with Gasteiger partial charge in [0.15, 0.2) is 5.96 Å². The molecule has 2 rings (SSSR count). The van der Waals surface area contributed by atoms with Gasteiger partial charge in [0.05, 0.1) is 12.6 Å². The average molecular weight is 298 g/mol. The molecule has 1 atom stereocenters. The molecule has 5 heteroatoms. The van der Waals surface area contributed by atoms with E-state index in [1.54, 1.807) is 0 Å². The normalized spacial score (nSPS) is 17.8. The van der Waals surface area contributed by atoms with Gasteiger partial charge in [-0.25, -0.2) is 0 Å². The van der Waals surface area contributed by atoms with Crippen molar-refractivity contribution >= 4 is 21.9 Å². The van der Waals surface area contributed by atoms with E-state index in [-0.39, 0.29) is 0 Å². The molecule has 1 aliphatic heterocycles. The SMILES string of the molecule is NC(=NC[C@@H](O)c1cccc(Br)c1)N1CCC1. The summed E-state index contributed by atoms with van der Waals surface area (Å²) in [4.78, 5) is 6.21. The maximum Gasteiger partial charge on any atom is 0.191 e. The van der Waals surface area contributed by atoms with E-state index in [1.807, 2.05) is 29.2 Å². The van der Waals surface area contributed by atoms with Gasteiger partial charge < -0.3 is 15.7 Å². The third-order valence-corrected chi connectivity index (χ3v) is 3.33. The first-order valence-electron chi connectivity index (χ1n) is 5.65. The van der Waals surface area contributed by atoms with Crippen molar-refractivity contribution in [1.82, 2.24) is 4.90 Å². The molecule has 0 saturated carbocycles. The fourth-order valence-corrected chi connectivity index (χ4v) is 2.06. The molecule has 0 aromatic heterocycles. The van der Waals surface area contributed by atoms with Crippen LogP contribution < -0.4 is 5.73 Å². The predicted octanol–water partition coefficient (Wildman–Crippen LogP) is 1.50. The van der Waals surface area contributed by atoms with Gasteiger partial charge in [0, 0.05) is 17.6 Å². The van der Waals surface area contributed by atoms with Crippen LogP contribution in [0.15, 0.2) is 33.7 Å². The van der Waals surface area contributed by atoms with Crippen LogP contribution in [-0.2, 0) is 0 Å². The average Bonchev–Trinajstić information content (AvgIpc) is 2.23. The third-order valence-electron chi connectivity index (χ3n) is 2.84. The number of nitrogens with zero attached hydrogens (tertiary/aromatic N) is 2. The fourth-order valence-electron chi connectivity index (χ4n) is 1.64. The van der Waals surface area contributed by atoms with Gasteiger partial charge in [-0.15, -0.1) is 0 Å². The molecule has 0 amide bonds. The second kappa shape index (κ2) is 5.51. The summed E-state index contributed by atoms with van der Waals surface area (Å²) in [5.41, 5.74) is 6.64. The number of halogens is 1. The lowest BCUT2D eigenvalue weighted by molar-refractivity contribution is 0.186. The number of benzene rings is 1. The minimum Gasteiger partial charge on any atom is -0.386 e. The molecule has 1 aromatic carbocycles. The Morgan fingerprint density at radius 2 is 2.29 bits per heavy atom. The number of rotatable bonds is 3. The molecule has 1 fully saturated rings. The van der Waals surface area contributed by atoms with Gasteiger partial charge in [-0.2, -0.15) is 0 Å². The first-order chi connectivity index (χ1) is 8.16. The zero-order chi connectivity index (χ0) is 12.3. The van der Waals surface area contributed by atoms with Crippen LogP contribution in [0.4, 0.5) is 0 Å². The lowest BCUT2D eigenvalue weighted by Gasteiger charge is -2.31. The molecule has 3 N–H and O–H groups in total. The maximum absolute atomic E-state index is 9.96. The van der Waals surface area contributed by atoms with Crippen molar-refractivity contribution in [2.45, 2.75) is 12.5 Å².